The van der Waals surface area contributed by atoms with Crippen LogP contribution in [0.25, 0.3) is 0 Å². The van der Waals surface area contributed by atoms with Crippen molar-refractivity contribution < 1.29 is 8.42 Å². The van der Waals surface area contributed by atoms with Crippen LogP contribution in [0.3, 0.4) is 0 Å². The summed E-state index contributed by atoms with van der Waals surface area (Å²) in [7, 11) is -3.32. The van der Waals surface area contributed by atoms with Gasteiger partial charge in [-0.1, -0.05) is 13.8 Å². The van der Waals surface area contributed by atoms with Crippen molar-refractivity contribution in [3.05, 3.63) is 0 Å². The predicted octanol–water partition coefficient (Wildman–Crippen LogP) is 1.21. The first-order valence-corrected chi connectivity index (χ1v) is 8.46. The van der Waals surface area contributed by atoms with Crippen molar-refractivity contribution in [1.82, 2.24) is 9.03 Å². The average molecular weight is 277 g/mol. The first kappa shape index (κ1) is 15.9. The molecule has 18 heavy (non-hydrogen) atoms. The Labute approximate surface area is 111 Å². The number of nitrogens with one attached hydrogen (secondary N) is 1. The van der Waals surface area contributed by atoms with Gasteiger partial charge in [-0.05, 0) is 38.5 Å². The van der Waals surface area contributed by atoms with E-state index in [0.29, 0.717) is 13.1 Å². The molecule has 6 heteroatoms. The van der Waals surface area contributed by atoms with Crippen LogP contribution in [0.1, 0.15) is 52.4 Å². The number of nitrogens with two attached hydrogens (primary N) is 1. The lowest BCUT2D eigenvalue weighted by Gasteiger charge is -2.29. The monoisotopic (exact) mass is 277 g/mol. The highest BCUT2D eigenvalue weighted by molar-refractivity contribution is 7.87. The molecule has 0 saturated heterocycles. The molecule has 0 aromatic heterocycles. The average Bonchev–Trinajstić information content (AvgIpc) is 2.32. The van der Waals surface area contributed by atoms with Crippen molar-refractivity contribution in [2.45, 2.75) is 64.5 Å². The smallest absolute Gasteiger partial charge is 0.279 e. The van der Waals surface area contributed by atoms with Gasteiger partial charge in [-0.15, -0.1) is 0 Å². The van der Waals surface area contributed by atoms with Crippen LogP contribution in [0.2, 0.25) is 0 Å². The molecule has 108 valence electrons. The zero-order chi connectivity index (χ0) is 13.6. The van der Waals surface area contributed by atoms with Crippen molar-refractivity contribution in [3.63, 3.8) is 0 Å². The molecule has 3 N–H and O–H groups in total. The molecule has 1 saturated carbocycles. The third-order valence-corrected chi connectivity index (χ3v) is 5.05. The molecule has 1 aliphatic carbocycles. The highest BCUT2D eigenvalue weighted by Crippen LogP contribution is 2.18. The molecule has 0 bridgehead atoms. The van der Waals surface area contributed by atoms with Crippen LogP contribution in [0.4, 0.5) is 0 Å². The van der Waals surface area contributed by atoms with E-state index in [4.69, 9.17) is 5.73 Å². The topological polar surface area (TPSA) is 75.4 Å². The second-order valence-electron chi connectivity index (χ2n) is 5.13. The lowest BCUT2D eigenvalue weighted by molar-refractivity contribution is 0.351. The van der Waals surface area contributed by atoms with E-state index >= 15 is 0 Å². The number of hydrogen-bond donors (Lipinski definition) is 2. The number of nitrogens with zero attached hydrogens (tertiary/aromatic N) is 1. The van der Waals surface area contributed by atoms with E-state index in [9.17, 15) is 8.42 Å². The standard InChI is InChI=1S/C12H27N3O2S/c1-3-9-15(10-4-2)18(16,17)14-12-7-5-11(13)6-8-12/h11-12,14H,3-10,13H2,1-2H3. The van der Waals surface area contributed by atoms with Crippen LogP contribution in [-0.2, 0) is 10.2 Å². The van der Waals surface area contributed by atoms with E-state index in [1.54, 1.807) is 4.31 Å². The molecule has 1 aliphatic rings. The second-order valence-corrected chi connectivity index (χ2v) is 6.84. The van der Waals surface area contributed by atoms with Gasteiger partial charge < -0.3 is 5.73 Å². The molecule has 0 radical (unpaired) electrons. The van der Waals surface area contributed by atoms with Crippen LogP contribution in [-0.4, -0.2) is 37.9 Å². The van der Waals surface area contributed by atoms with E-state index in [2.05, 4.69) is 4.72 Å². The van der Waals surface area contributed by atoms with E-state index in [1.807, 2.05) is 13.8 Å². The molecule has 0 aromatic rings. The van der Waals surface area contributed by atoms with Crippen LogP contribution in [0.15, 0.2) is 0 Å². The maximum Gasteiger partial charge on any atom is 0.279 e. The molecular weight excluding hydrogens is 250 g/mol. The summed E-state index contributed by atoms with van der Waals surface area (Å²) >= 11 is 0. The second kappa shape index (κ2) is 7.43. The van der Waals surface area contributed by atoms with Gasteiger partial charge >= 0.3 is 0 Å². The first-order chi connectivity index (χ1) is 8.49. The molecule has 0 aliphatic heterocycles. The lowest BCUT2D eigenvalue weighted by Crippen LogP contribution is -2.47. The Morgan fingerprint density at radius 2 is 1.61 bits per heavy atom. The van der Waals surface area contributed by atoms with Gasteiger partial charge in [0, 0.05) is 25.2 Å². The molecular formula is C12H27N3O2S. The Morgan fingerprint density at radius 1 is 1.11 bits per heavy atom. The molecule has 0 spiro atoms. The number of rotatable bonds is 7. The number of hydrogen-bond acceptors (Lipinski definition) is 3. The predicted molar refractivity (Wildman–Crippen MR) is 74.4 cm³/mol. The summed E-state index contributed by atoms with van der Waals surface area (Å²) in [5, 5.41) is 0. The van der Waals surface area contributed by atoms with Crippen LogP contribution < -0.4 is 10.5 Å². The SMILES string of the molecule is CCCN(CCC)S(=O)(=O)NC1CCC(N)CC1. The molecule has 0 aromatic carbocycles. The molecule has 1 fully saturated rings. The zero-order valence-electron chi connectivity index (χ0n) is 11.6. The fourth-order valence-electron chi connectivity index (χ4n) is 2.37. The molecule has 5 nitrogen and oxygen atoms in total. The minimum Gasteiger partial charge on any atom is -0.328 e. The normalized spacial score (nSPS) is 25.6. The Kier molecular flexibility index (Phi) is 6.55. The highest BCUT2D eigenvalue weighted by atomic mass is 32.2. The van der Waals surface area contributed by atoms with Crippen molar-refractivity contribution in [2.75, 3.05) is 13.1 Å². The maximum absolute atomic E-state index is 12.2. The van der Waals surface area contributed by atoms with Gasteiger partial charge in [-0.2, -0.15) is 17.4 Å². The summed E-state index contributed by atoms with van der Waals surface area (Å²) in [5.74, 6) is 0. The van der Waals surface area contributed by atoms with E-state index in [0.717, 1.165) is 38.5 Å². The molecule has 0 amide bonds. The molecule has 1 rings (SSSR count). The van der Waals surface area contributed by atoms with Gasteiger partial charge in [-0.25, -0.2) is 0 Å². The summed E-state index contributed by atoms with van der Waals surface area (Å²) in [6.07, 6.45) is 5.22. The quantitative estimate of drug-likeness (QED) is 0.734. The van der Waals surface area contributed by atoms with Gasteiger partial charge in [0.05, 0.1) is 0 Å². The fourth-order valence-corrected chi connectivity index (χ4v) is 4.03. The van der Waals surface area contributed by atoms with Crippen molar-refractivity contribution in [3.8, 4) is 0 Å². The third kappa shape index (κ3) is 4.84. The Bertz CT molecular complexity index is 318. The lowest BCUT2D eigenvalue weighted by atomic mass is 9.93. The summed E-state index contributed by atoms with van der Waals surface area (Å²) in [6, 6.07) is 0.305. The van der Waals surface area contributed by atoms with Crippen molar-refractivity contribution in [2.24, 2.45) is 5.73 Å². The summed E-state index contributed by atoms with van der Waals surface area (Å²) in [4.78, 5) is 0. The maximum atomic E-state index is 12.2. The minimum atomic E-state index is -3.32. The van der Waals surface area contributed by atoms with Gasteiger partial charge in [0.2, 0.25) is 0 Å². The summed E-state index contributed by atoms with van der Waals surface area (Å²) < 4.78 is 28.9. The van der Waals surface area contributed by atoms with Crippen LogP contribution in [0.5, 0.6) is 0 Å². The summed E-state index contributed by atoms with van der Waals surface area (Å²) in [5.41, 5.74) is 5.83. The Morgan fingerprint density at radius 3 is 2.06 bits per heavy atom. The molecule has 0 heterocycles. The van der Waals surface area contributed by atoms with E-state index in [-0.39, 0.29) is 12.1 Å². The largest absolute Gasteiger partial charge is 0.328 e. The van der Waals surface area contributed by atoms with E-state index in [1.165, 1.54) is 0 Å². The van der Waals surface area contributed by atoms with Crippen molar-refractivity contribution >= 4 is 10.2 Å². The molecule has 0 atom stereocenters. The van der Waals surface area contributed by atoms with Gasteiger partial charge in [0.15, 0.2) is 0 Å². The minimum absolute atomic E-state index is 0.0611. The van der Waals surface area contributed by atoms with Crippen molar-refractivity contribution in [1.29, 1.82) is 0 Å². The third-order valence-electron chi connectivity index (χ3n) is 3.37. The van der Waals surface area contributed by atoms with Gasteiger partial charge in [0.25, 0.3) is 10.2 Å². The van der Waals surface area contributed by atoms with Crippen LogP contribution >= 0.6 is 0 Å². The molecule has 0 unspecified atom stereocenters. The first-order valence-electron chi connectivity index (χ1n) is 7.02. The highest BCUT2D eigenvalue weighted by Gasteiger charge is 2.26. The summed E-state index contributed by atoms with van der Waals surface area (Å²) in [6.45, 7) is 5.18. The zero-order valence-corrected chi connectivity index (χ0v) is 12.4. The fraction of sp³-hybridized carbons (Fsp3) is 1.00. The Hall–Kier alpha value is -0.170. The van der Waals surface area contributed by atoms with Crippen LogP contribution in [0, 0.1) is 0 Å². The van der Waals surface area contributed by atoms with Gasteiger partial charge in [0.1, 0.15) is 0 Å². The Balaban J connectivity index is 2.56. The van der Waals surface area contributed by atoms with E-state index < -0.39 is 10.2 Å². The van der Waals surface area contributed by atoms with Gasteiger partial charge in [-0.3, -0.25) is 0 Å².